The molecule has 1 aromatic rings. The number of nitrogens with zero attached hydrogens (tertiary/aromatic N) is 1. The molecule has 0 saturated heterocycles. The summed E-state index contributed by atoms with van der Waals surface area (Å²) in [6.07, 6.45) is 3.19. The van der Waals surface area contributed by atoms with E-state index < -0.39 is 10.0 Å². The average Bonchev–Trinajstić information content (AvgIpc) is 2.48. The summed E-state index contributed by atoms with van der Waals surface area (Å²) in [6, 6.07) is 6.80. The maximum atomic E-state index is 12.0. The molecule has 0 fully saturated rings. The maximum Gasteiger partial charge on any atom is 0.232 e. The van der Waals surface area contributed by atoms with E-state index in [9.17, 15) is 13.2 Å². The topological polar surface area (TPSA) is 75.7 Å². The van der Waals surface area contributed by atoms with Gasteiger partial charge in [-0.05, 0) is 37.6 Å². The molecular formula is C16H26N2O4S. The Labute approximate surface area is 138 Å². The molecule has 130 valence electrons. The van der Waals surface area contributed by atoms with Gasteiger partial charge in [0, 0.05) is 19.5 Å². The van der Waals surface area contributed by atoms with Crippen LogP contribution < -0.4 is 14.4 Å². The Bertz CT molecular complexity index is 585. The molecule has 1 rings (SSSR count). The lowest BCUT2D eigenvalue weighted by Crippen LogP contribution is -2.34. The van der Waals surface area contributed by atoms with E-state index in [4.69, 9.17) is 4.74 Å². The van der Waals surface area contributed by atoms with Gasteiger partial charge in [0.15, 0.2) is 0 Å². The van der Waals surface area contributed by atoms with E-state index in [2.05, 4.69) is 5.32 Å². The first kappa shape index (κ1) is 19.3. The van der Waals surface area contributed by atoms with Crippen molar-refractivity contribution in [1.29, 1.82) is 0 Å². The zero-order valence-corrected chi connectivity index (χ0v) is 14.9. The number of nitrogens with one attached hydrogen (secondary N) is 1. The van der Waals surface area contributed by atoms with Gasteiger partial charge in [0.25, 0.3) is 0 Å². The van der Waals surface area contributed by atoms with Crippen LogP contribution >= 0.6 is 0 Å². The number of amides is 1. The van der Waals surface area contributed by atoms with E-state index in [1.807, 2.05) is 13.8 Å². The predicted molar refractivity (Wildman–Crippen MR) is 92.3 cm³/mol. The summed E-state index contributed by atoms with van der Waals surface area (Å²) in [5, 5.41) is 2.79. The van der Waals surface area contributed by atoms with Crippen molar-refractivity contribution in [3.05, 3.63) is 24.3 Å². The number of ether oxygens (including phenoxy) is 1. The summed E-state index contributed by atoms with van der Waals surface area (Å²) >= 11 is 0. The van der Waals surface area contributed by atoms with Gasteiger partial charge in [-0.2, -0.15) is 0 Å². The molecule has 1 amide bonds. The zero-order valence-electron chi connectivity index (χ0n) is 14.0. The van der Waals surface area contributed by atoms with Crippen LogP contribution in [0.25, 0.3) is 0 Å². The third kappa shape index (κ3) is 6.90. The van der Waals surface area contributed by atoms with E-state index in [1.165, 1.54) is 4.31 Å². The molecular weight excluding hydrogens is 316 g/mol. The summed E-state index contributed by atoms with van der Waals surface area (Å²) in [5.74, 6) is 0.542. The van der Waals surface area contributed by atoms with Crippen molar-refractivity contribution in [2.24, 2.45) is 0 Å². The van der Waals surface area contributed by atoms with E-state index >= 15 is 0 Å². The molecule has 0 heterocycles. The SMILES string of the molecule is CCCCNC(=O)CCN(c1ccc(OCC)cc1)S(C)(=O)=O. The molecule has 1 aromatic carbocycles. The number of benzene rings is 1. The van der Waals surface area contributed by atoms with Crippen molar-refractivity contribution in [2.75, 3.05) is 30.3 Å². The predicted octanol–water partition coefficient (Wildman–Crippen LogP) is 2.16. The summed E-state index contributed by atoms with van der Waals surface area (Å²) in [6.45, 7) is 5.21. The Morgan fingerprint density at radius 3 is 2.39 bits per heavy atom. The van der Waals surface area contributed by atoms with Gasteiger partial charge in [-0.3, -0.25) is 9.10 Å². The van der Waals surface area contributed by atoms with Crippen LogP contribution in [0.2, 0.25) is 0 Å². The third-order valence-corrected chi connectivity index (χ3v) is 4.42. The van der Waals surface area contributed by atoms with Crippen LogP contribution in [0.4, 0.5) is 5.69 Å². The van der Waals surface area contributed by atoms with E-state index in [-0.39, 0.29) is 18.9 Å². The summed E-state index contributed by atoms with van der Waals surface area (Å²) < 4.78 is 30.5. The van der Waals surface area contributed by atoms with Crippen LogP contribution in [0.3, 0.4) is 0 Å². The number of hydrogen-bond donors (Lipinski definition) is 1. The second kappa shape index (κ2) is 9.39. The molecule has 23 heavy (non-hydrogen) atoms. The highest BCUT2D eigenvalue weighted by molar-refractivity contribution is 7.92. The average molecular weight is 342 g/mol. The Kier molecular flexibility index (Phi) is 7.88. The highest BCUT2D eigenvalue weighted by Gasteiger charge is 2.18. The molecule has 0 aromatic heterocycles. The minimum absolute atomic E-state index is 0.116. The Morgan fingerprint density at radius 1 is 1.22 bits per heavy atom. The lowest BCUT2D eigenvalue weighted by molar-refractivity contribution is -0.120. The number of sulfonamides is 1. The lowest BCUT2D eigenvalue weighted by Gasteiger charge is -2.22. The van der Waals surface area contributed by atoms with E-state index in [0.29, 0.717) is 24.6 Å². The maximum absolute atomic E-state index is 12.0. The third-order valence-electron chi connectivity index (χ3n) is 3.23. The number of hydrogen-bond acceptors (Lipinski definition) is 4. The molecule has 0 unspecified atom stereocenters. The van der Waals surface area contributed by atoms with Gasteiger partial charge in [-0.25, -0.2) is 8.42 Å². The summed E-state index contributed by atoms with van der Waals surface area (Å²) in [5.41, 5.74) is 0.525. The molecule has 0 radical (unpaired) electrons. The Hall–Kier alpha value is -1.76. The van der Waals surface area contributed by atoms with Gasteiger partial charge < -0.3 is 10.1 Å². The van der Waals surface area contributed by atoms with Gasteiger partial charge in [-0.15, -0.1) is 0 Å². The fourth-order valence-electron chi connectivity index (χ4n) is 2.06. The van der Waals surface area contributed by atoms with Crippen molar-refractivity contribution in [3.63, 3.8) is 0 Å². The lowest BCUT2D eigenvalue weighted by atomic mass is 10.3. The molecule has 0 saturated carbocycles. The van der Waals surface area contributed by atoms with Gasteiger partial charge in [0.05, 0.1) is 18.6 Å². The molecule has 0 spiro atoms. The number of unbranched alkanes of at least 4 members (excludes halogenated alkanes) is 1. The molecule has 1 N–H and O–H groups in total. The van der Waals surface area contributed by atoms with Crippen LogP contribution in [0.5, 0.6) is 5.75 Å². The van der Waals surface area contributed by atoms with Crippen molar-refractivity contribution in [3.8, 4) is 5.75 Å². The standard InChI is InChI=1S/C16H26N2O4S/c1-4-6-12-17-16(19)11-13-18(23(3,20)21)14-7-9-15(10-8-14)22-5-2/h7-10H,4-6,11-13H2,1-3H3,(H,17,19). The Morgan fingerprint density at radius 2 is 1.87 bits per heavy atom. The molecule has 0 aliphatic carbocycles. The van der Waals surface area contributed by atoms with Crippen LogP contribution in [0.15, 0.2) is 24.3 Å². The largest absolute Gasteiger partial charge is 0.494 e. The monoisotopic (exact) mass is 342 g/mol. The molecule has 0 aliphatic rings. The smallest absolute Gasteiger partial charge is 0.232 e. The minimum Gasteiger partial charge on any atom is -0.494 e. The highest BCUT2D eigenvalue weighted by atomic mass is 32.2. The van der Waals surface area contributed by atoms with Crippen molar-refractivity contribution in [2.45, 2.75) is 33.1 Å². The highest BCUT2D eigenvalue weighted by Crippen LogP contribution is 2.21. The van der Waals surface area contributed by atoms with Crippen LogP contribution in [-0.4, -0.2) is 40.3 Å². The molecule has 0 aliphatic heterocycles. The van der Waals surface area contributed by atoms with E-state index in [1.54, 1.807) is 24.3 Å². The second-order valence-corrected chi connectivity index (χ2v) is 7.12. The van der Waals surface area contributed by atoms with Crippen molar-refractivity contribution in [1.82, 2.24) is 5.32 Å². The fraction of sp³-hybridized carbons (Fsp3) is 0.562. The Balaban J connectivity index is 2.72. The fourth-order valence-corrected chi connectivity index (χ4v) is 2.99. The number of carbonyl (C=O) groups excluding carboxylic acids is 1. The first-order valence-electron chi connectivity index (χ1n) is 7.85. The normalized spacial score (nSPS) is 11.1. The van der Waals surface area contributed by atoms with Crippen LogP contribution in [-0.2, 0) is 14.8 Å². The number of carbonyl (C=O) groups is 1. The van der Waals surface area contributed by atoms with Crippen molar-refractivity contribution < 1.29 is 17.9 Å². The summed E-state index contributed by atoms with van der Waals surface area (Å²) in [4.78, 5) is 11.8. The zero-order chi connectivity index (χ0) is 17.3. The van der Waals surface area contributed by atoms with Gasteiger partial charge in [-0.1, -0.05) is 13.3 Å². The van der Waals surface area contributed by atoms with Crippen molar-refractivity contribution >= 4 is 21.6 Å². The first-order chi connectivity index (χ1) is 10.9. The van der Waals surface area contributed by atoms with Gasteiger partial charge >= 0.3 is 0 Å². The number of rotatable bonds is 10. The minimum atomic E-state index is -3.45. The second-order valence-electron chi connectivity index (χ2n) is 5.22. The van der Waals surface area contributed by atoms with Crippen LogP contribution in [0, 0.1) is 0 Å². The molecule has 0 atom stereocenters. The first-order valence-corrected chi connectivity index (χ1v) is 9.70. The molecule has 7 heteroatoms. The molecule has 6 nitrogen and oxygen atoms in total. The quantitative estimate of drug-likeness (QED) is 0.661. The van der Waals surface area contributed by atoms with E-state index in [0.717, 1.165) is 19.1 Å². The summed E-state index contributed by atoms with van der Waals surface area (Å²) in [7, 11) is -3.45. The van der Waals surface area contributed by atoms with Gasteiger partial charge in [0.2, 0.25) is 15.9 Å². The number of anilines is 1. The van der Waals surface area contributed by atoms with Crippen LogP contribution in [0.1, 0.15) is 33.1 Å². The molecule has 0 bridgehead atoms. The van der Waals surface area contributed by atoms with Gasteiger partial charge in [0.1, 0.15) is 5.75 Å².